The molecule has 34 heavy (non-hydrogen) atoms. The van der Waals surface area contributed by atoms with Crippen LogP contribution in [0.25, 0.3) is 0 Å². The summed E-state index contributed by atoms with van der Waals surface area (Å²) in [7, 11) is 0. The first kappa shape index (κ1) is 21.2. The molecule has 1 spiro atoms. The second kappa shape index (κ2) is 7.83. The quantitative estimate of drug-likeness (QED) is 0.613. The molecule has 0 radical (unpaired) electrons. The number of urea groups is 1. The van der Waals surface area contributed by atoms with Crippen molar-refractivity contribution >= 4 is 11.9 Å². The fraction of sp³-hybridized carbons (Fsp3) is 0.333. The summed E-state index contributed by atoms with van der Waals surface area (Å²) in [6.45, 7) is 1.90. The first-order valence-corrected chi connectivity index (χ1v) is 12.5. The number of benzene rings is 2. The highest BCUT2D eigenvalue weighted by molar-refractivity contribution is 6.10. The average Bonchev–Trinajstić information content (AvgIpc) is 3.12. The highest BCUT2D eigenvalue weighted by Gasteiger charge is 2.63. The van der Waals surface area contributed by atoms with Crippen LogP contribution in [-0.2, 0) is 10.2 Å². The first-order valence-electron chi connectivity index (χ1n) is 12.5. The van der Waals surface area contributed by atoms with Crippen molar-refractivity contribution in [3.63, 3.8) is 0 Å². The number of imide groups is 1. The zero-order chi connectivity index (χ0) is 23.3. The molecule has 4 aliphatic carbocycles. The van der Waals surface area contributed by atoms with E-state index in [4.69, 9.17) is 0 Å². The lowest BCUT2D eigenvalue weighted by Crippen LogP contribution is -2.61. The maximum atomic E-state index is 13.8. The van der Waals surface area contributed by atoms with E-state index in [1.165, 1.54) is 11.3 Å². The average molecular weight is 451 g/mol. The summed E-state index contributed by atoms with van der Waals surface area (Å²) in [4.78, 5) is 29.0. The highest BCUT2D eigenvalue weighted by atomic mass is 16.2. The van der Waals surface area contributed by atoms with E-state index in [2.05, 4.69) is 78.2 Å². The predicted octanol–water partition coefficient (Wildman–Crippen LogP) is 5.67. The molecular weight excluding hydrogens is 420 g/mol. The molecule has 2 bridgehead atoms. The lowest BCUT2D eigenvalue weighted by atomic mass is 9.51. The van der Waals surface area contributed by atoms with E-state index in [1.807, 2.05) is 19.1 Å². The Bertz CT molecular complexity index is 1170. The Labute approximate surface area is 201 Å². The fourth-order valence-electron chi connectivity index (χ4n) is 6.85. The number of amides is 3. The number of nitrogens with one attached hydrogen (secondary N) is 1. The molecule has 172 valence electrons. The van der Waals surface area contributed by atoms with Crippen molar-refractivity contribution in [2.45, 2.75) is 56.0 Å². The molecule has 7 rings (SSSR count). The molecule has 1 heterocycles. The minimum atomic E-state index is -0.889. The third kappa shape index (κ3) is 2.78. The van der Waals surface area contributed by atoms with Crippen LogP contribution in [0, 0.1) is 5.92 Å². The van der Waals surface area contributed by atoms with Crippen LogP contribution in [0.2, 0.25) is 0 Å². The lowest BCUT2D eigenvalue weighted by molar-refractivity contribution is -0.124. The van der Waals surface area contributed by atoms with Crippen LogP contribution in [-0.4, -0.2) is 28.4 Å². The molecule has 2 aromatic rings. The van der Waals surface area contributed by atoms with Crippen LogP contribution < -0.4 is 5.32 Å². The van der Waals surface area contributed by atoms with Gasteiger partial charge in [-0.05, 0) is 36.5 Å². The van der Waals surface area contributed by atoms with E-state index >= 15 is 0 Å². The summed E-state index contributed by atoms with van der Waals surface area (Å²) in [5, 5.41) is 3.20. The Morgan fingerprint density at radius 3 is 2.00 bits per heavy atom. The Hall–Kier alpha value is -3.40. The number of hydrogen-bond donors (Lipinski definition) is 1. The standard InChI is InChI=1S/C30H30N2O2/c1-21-26-29(32(27(21)33)28(34)31-25-15-9-4-10-16-25)19-17-24(18-20-29)30(26,22-11-5-2-6-12-22)23-13-7-3-8-14-23/h2-3,5-8,11-14,17-20,24-25H,4,9-10,15-16H2,1H3,(H,31,34). The summed E-state index contributed by atoms with van der Waals surface area (Å²) in [6, 6.07) is 20.7. The van der Waals surface area contributed by atoms with Crippen molar-refractivity contribution in [2.24, 2.45) is 5.92 Å². The van der Waals surface area contributed by atoms with Gasteiger partial charge in [0.2, 0.25) is 0 Å². The van der Waals surface area contributed by atoms with Gasteiger partial charge in [0, 0.05) is 17.5 Å². The number of carbonyl (C=O) groups excluding carboxylic acids is 2. The van der Waals surface area contributed by atoms with Gasteiger partial charge in [-0.15, -0.1) is 0 Å². The molecule has 0 atom stereocenters. The molecule has 0 unspecified atom stereocenters. The van der Waals surface area contributed by atoms with Crippen molar-refractivity contribution in [1.82, 2.24) is 10.2 Å². The monoisotopic (exact) mass is 450 g/mol. The molecule has 1 N–H and O–H groups in total. The lowest BCUT2D eigenvalue weighted by Gasteiger charge is -2.54. The number of rotatable bonds is 3. The van der Waals surface area contributed by atoms with E-state index in [0.29, 0.717) is 5.57 Å². The van der Waals surface area contributed by atoms with Gasteiger partial charge in [-0.25, -0.2) is 9.69 Å². The Morgan fingerprint density at radius 2 is 1.44 bits per heavy atom. The van der Waals surface area contributed by atoms with Gasteiger partial charge in [-0.2, -0.15) is 0 Å². The van der Waals surface area contributed by atoms with Gasteiger partial charge in [0.15, 0.2) is 0 Å². The molecule has 5 aliphatic rings. The van der Waals surface area contributed by atoms with E-state index in [0.717, 1.165) is 42.4 Å². The topological polar surface area (TPSA) is 49.4 Å². The van der Waals surface area contributed by atoms with E-state index in [9.17, 15) is 9.59 Å². The summed E-state index contributed by atoms with van der Waals surface area (Å²) < 4.78 is 0. The minimum Gasteiger partial charge on any atom is -0.335 e. The summed E-state index contributed by atoms with van der Waals surface area (Å²) >= 11 is 0. The summed E-state index contributed by atoms with van der Waals surface area (Å²) in [5.74, 6) is -0.144. The number of nitrogens with zero attached hydrogens (tertiary/aromatic N) is 1. The minimum absolute atomic E-state index is 0.0540. The van der Waals surface area contributed by atoms with Crippen molar-refractivity contribution < 1.29 is 9.59 Å². The largest absolute Gasteiger partial charge is 0.335 e. The molecule has 4 nitrogen and oxygen atoms in total. The Kier molecular flexibility index (Phi) is 4.87. The van der Waals surface area contributed by atoms with E-state index in [-0.39, 0.29) is 23.9 Å². The van der Waals surface area contributed by atoms with Crippen LogP contribution in [0.4, 0.5) is 4.79 Å². The zero-order valence-corrected chi connectivity index (χ0v) is 19.5. The molecule has 0 saturated heterocycles. The molecule has 1 saturated carbocycles. The van der Waals surface area contributed by atoms with Crippen molar-refractivity contribution in [3.8, 4) is 0 Å². The van der Waals surface area contributed by atoms with Crippen molar-refractivity contribution in [3.05, 3.63) is 107 Å². The smallest absolute Gasteiger partial charge is 0.325 e. The van der Waals surface area contributed by atoms with Crippen molar-refractivity contribution in [2.75, 3.05) is 0 Å². The van der Waals surface area contributed by atoms with Gasteiger partial charge in [0.1, 0.15) is 5.54 Å². The van der Waals surface area contributed by atoms with Gasteiger partial charge >= 0.3 is 6.03 Å². The van der Waals surface area contributed by atoms with Gasteiger partial charge in [-0.3, -0.25) is 4.79 Å². The van der Waals surface area contributed by atoms with Crippen LogP contribution in [0.1, 0.15) is 50.2 Å². The molecule has 2 aromatic carbocycles. The van der Waals surface area contributed by atoms with Crippen molar-refractivity contribution in [1.29, 1.82) is 0 Å². The van der Waals surface area contributed by atoms with E-state index < -0.39 is 11.0 Å². The molecule has 1 fully saturated rings. The van der Waals surface area contributed by atoms with E-state index in [1.54, 1.807) is 0 Å². The molecule has 0 aromatic heterocycles. The third-order valence-corrected chi connectivity index (χ3v) is 8.27. The number of hydrogen-bond acceptors (Lipinski definition) is 2. The van der Waals surface area contributed by atoms with Gasteiger partial charge in [0.05, 0.1) is 5.41 Å². The van der Waals surface area contributed by atoms with Gasteiger partial charge in [0.25, 0.3) is 5.91 Å². The van der Waals surface area contributed by atoms with Gasteiger partial charge < -0.3 is 5.32 Å². The third-order valence-electron chi connectivity index (χ3n) is 8.27. The van der Waals surface area contributed by atoms with Crippen LogP contribution in [0.5, 0.6) is 0 Å². The maximum Gasteiger partial charge on any atom is 0.325 e. The predicted molar refractivity (Wildman–Crippen MR) is 133 cm³/mol. The molecule has 3 amide bonds. The maximum absolute atomic E-state index is 13.8. The number of allylic oxidation sites excluding steroid dienone is 2. The SMILES string of the molecule is CC1=C2C(c3ccccc3)(c3ccccc3)C3C=CC2(C=C3)N(C(=O)NC2CCCCC2)C1=O. The molecule has 4 heteroatoms. The fourth-order valence-corrected chi connectivity index (χ4v) is 6.85. The Morgan fingerprint density at radius 1 is 0.882 bits per heavy atom. The second-order valence-corrected chi connectivity index (χ2v) is 10.0. The normalized spacial score (nSPS) is 27.3. The second-order valence-electron chi connectivity index (χ2n) is 10.0. The zero-order valence-electron chi connectivity index (χ0n) is 19.5. The molecular formula is C30H30N2O2. The summed E-state index contributed by atoms with van der Waals surface area (Å²) in [6.07, 6.45) is 14.0. The number of carbonyl (C=O) groups is 2. The van der Waals surface area contributed by atoms with Gasteiger partial charge in [-0.1, -0.05) is 104 Å². The van der Waals surface area contributed by atoms with Crippen LogP contribution in [0.3, 0.4) is 0 Å². The highest BCUT2D eigenvalue weighted by Crippen LogP contribution is 2.61. The van der Waals surface area contributed by atoms with Crippen LogP contribution in [0.15, 0.2) is 96.1 Å². The van der Waals surface area contributed by atoms with Crippen LogP contribution >= 0.6 is 0 Å². The molecule has 1 aliphatic heterocycles. The first-order chi connectivity index (χ1) is 16.6. The Balaban J connectivity index is 1.53. The summed E-state index contributed by atoms with van der Waals surface area (Å²) in [5.41, 5.74) is 2.52.